The van der Waals surface area contributed by atoms with Crippen molar-refractivity contribution in [3.63, 3.8) is 0 Å². The zero-order valence-electron chi connectivity index (χ0n) is 15.4. The van der Waals surface area contributed by atoms with Crippen LogP contribution in [0.15, 0.2) is 4.99 Å². The van der Waals surface area contributed by atoms with Crippen molar-refractivity contribution < 1.29 is 13.2 Å². The van der Waals surface area contributed by atoms with E-state index >= 15 is 0 Å². The number of likely N-dealkylation sites (tertiary alicyclic amines) is 1. The second-order valence-corrected chi connectivity index (χ2v) is 10.2. The van der Waals surface area contributed by atoms with Crippen LogP contribution in [-0.2, 0) is 14.6 Å². The Labute approximate surface area is 169 Å². The van der Waals surface area contributed by atoms with Crippen LogP contribution in [-0.4, -0.2) is 69.7 Å². The van der Waals surface area contributed by atoms with Crippen molar-refractivity contribution in [2.24, 2.45) is 10.4 Å². The Hall–Kier alpha value is -0.0900. The summed E-state index contributed by atoms with van der Waals surface area (Å²) in [7, 11) is -3.17. The van der Waals surface area contributed by atoms with E-state index in [9.17, 15) is 8.42 Å². The van der Waals surface area contributed by atoms with E-state index in [4.69, 9.17) is 9.73 Å². The van der Waals surface area contributed by atoms with E-state index in [1.165, 1.54) is 31.9 Å². The van der Waals surface area contributed by atoms with Gasteiger partial charge in [0.15, 0.2) is 15.8 Å². The van der Waals surface area contributed by atoms with Crippen LogP contribution in [0.4, 0.5) is 0 Å². The highest BCUT2D eigenvalue weighted by Gasteiger charge is 2.45. The predicted molar refractivity (Wildman–Crippen MR) is 111 cm³/mol. The number of hydrogen-bond acceptors (Lipinski definition) is 4. The lowest BCUT2D eigenvalue weighted by Gasteiger charge is -2.38. The molecular weight excluding hydrogens is 453 g/mol. The Morgan fingerprint density at radius 1 is 1.20 bits per heavy atom. The highest BCUT2D eigenvalue weighted by atomic mass is 127. The Bertz CT molecular complexity index is 584. The van der Waals surface area contributed by atoms with Crippen molar-refractivity contribution in [3.8, 4) is 0 Å². The minimum Gasteiger partial charge on any atom is -0.381 e. The Morgan fingerprint density at radius 2 is 1.88 bits per heavy atom. The maximum Gasteiger partial charge on any atom is 0.193 e. The summed E-state index contributed by atoms with van der Waals surface area (Å²) in [5, 5.41) is 3.37. The lowest BCUT2D eigenvalue weighted by molar-refractivity contribution is 0.0767. The number of aliphatic imine (C=N–C) groups is 1. The molecule has 0 aromatic rings. The van der Waals surface area contributed by atoms with Gasteiger partial charge in [0.2, 0.25) is 0 Å². The fourth-order valence-corrected chi connectivity index (χ4v) is 5.44. The fraction of sp³-hybridized carbons (Fsp3) is 0.941. The number of nitrogens with zero attached hydrogens (tertiary/aromatic N) is 2. The molecule has 0 atom stereocenters. The van der Waals surface area contributed by atoms with Crippen molar-refractivity contribution >= 4 is 39.8 Å². The standard InChI is InChI=1S/C17H31N3O3S.HI/c1-3-18-15(20-10-7-16(14-20)5-4-6-16)19-13-17(24(2,21)22)8-11-23-12-9-17;/h3-14H2,1-2H3,(H,18,19);1H. The van der Waals surface area contributed by atoms with Crippen molar-refractivity contribution in [2.45, 2.75) is 50.2 Å². The summed E-state index contributed by atoms with van der Waals surface area (Å²) in [4.78, 5) is 7.11. The van der Waals surface area contributed by atoms with Crippen molar-refractivity contribution in [1.29, 1.82) is 0 Å². The summed E-state index contributed by atoms with van der Waals surface area (Å²) in [5.41, 5.74) is 0.503. The minimum absolute atomic E-state index is 0. The third kappa shape index (κ3) is 4.43. The van der Waals surface area contributed by atoms with Gasteiger partial charge < -0.3 is 15.0 Å². The summed E-state index contributed by atoms with van der Waals surface area (Å²) >= 11 is 0. The molecule has 1 saturated carbocycles. The van der Waals surface area contributed by atoms with E-state index in [2.05, 4.69) is 17.1 Å². The SMILES string of the molecule is CCNC(=NCC1(S(C)(=O)=O)CCOCC1)N1CCC2(CCC2)C1.I. The molecular formula is C17H32IN3O3S. The lowest BCUT2D eigenvalue weighted by atomic mass is 9.68. The van der Waals surface area contributed by atoms with Gasteiger partial charge in [-0.3, -0.25) is 4.99 Å². The Kier molecular flexibility index (Phi) is 7.03. The zero-order chi connectivity index (χ0) is 17.3. The molecule has 146 valence electrons. The molecule has 0 unspecified atom stereocenters. The molecule has 6 nitrogen and oxygen atoms in total. The minimum atomic E-state index is -3.17. The van der Waals surface area contributed by atoms with Crippen LogP contribution in [0.1, 0.15) is 45.4 Å². The van der Waals surface area contributed by atoms with Crippen LogP contribution < -0.4 is 5.32 Å². The maximum atomic E-state index is 12.4. The van der Waals surface area contributed by atoms with Crippen LogP contribution in [0.25, 0.3) is 0 Å². The van der Waals surface area contributed by atoms with Gasteiger partial charge in [0.1, 0.15) is 0 Å². The highest BCUT2D eigenvalue weighted by Crippen LogP contribution is 2.47. The van der Waals surface area contributed by atoms with Gasteiger partial charge in [-0.2, -0.15) is 0 Å². The van der Waals surface area contributed by atoms with Gasteiger partial charge in [-0.25, -0.2) is 8.42 Å². The number of sulfone groups is 1. The first-order valence-electron chi connectivity index (χ1n) is 9.20. The fourth-order valence-electron chi connectivity index (χ4n) is 4.24. The molecule has 8 heteroatoms. The molecule has 2 aliphatic heterocycles. The molecule has 0 radical (unpaired) electrons. The van der Waals surface area contributed by atoms with Crippen molar-refractivity contribution in [2.75, 3.05) is 45.6 Å². The first-order chi connectivity index (χ1) is 11.4. The second kappa shape index (κ2) is 8.29. The van der Waals surface area contributed by atoms with Gasteiger partial charge in [-0.1, -0.05) is 6.42 Å². The van der Waals surface area contributed by atoms with E-state index in [1.54, 1.807) is 0 Å². The average molecular weight is 485 g/mol. The van der Waals surface area contributed by atoms with Crippen molar-refractivity contribution in [3.05, 3.63) is 0 Å². The third-order valence-electron chi connectivity index (χ3n) is 6.19. The van der Waals surface area contributed by atoms with Gasteiger partial charge in [-0.05, 0) is 44.4 Å². The highest BCUT2D eigenvalue weighted by molar-refractivity contribution is 14.0. The summed E-state index contributed by atoms with van der Waals surface area (Å²) in [6, 6.07) is 0. The number of rotatable bonds is 4. The summed E-state index contributed by atoms with van der Waals surface area (Å²) in [5.74, 6) is 0.885. The van der Waals surface area contributed by atoms with Gasteiger partial charge in [-0.15, -0.1) is 24.0 Å². The molecule has 1 aliphatic carbocycles. The topological polar surface area (TPSA) is 71.0 Å². The largest absolute Gasteiger partial charge is 0.381 e. The Morgan fingerprint density at radius 3 is 2.36 bits per heavy atom. The van der Waals surface area contributed by atoms with E-state index in [1.807, 2.05) is 0 Å². The van der Waals surface area contributed by atoms with Crippen LogP contribution in [0.2, 0.25) is 0 Å². The smallest absolute Gasteiger partial charge is 0.193 e. The normalized spacial score (nSPS) is 25.4. The molecule has 2 heterocycles. The molecule has 0 amide bonds. The average Bonchev–Trinajstić information content (AvgIpc) is 2.97. The van der Waals surface area contributed by atoms with Crippen molar-refractivity contribution in [1.82, 2.24) is 10.2 Å². The number of ether oxygens (including phenoxy) is 1. The predicted octanol–water partition coefficient (Wildman–Crippen LogP) is 2.04. The summed E-state index contributed by atoms with van der Waals surface area (Å²) < 4.78 is 29.4. The molecule has 1 N–H and O–H groups in total. The molecule has 0 bridgehead atoms. The molecule has 0 aromatic heterocycles. The number of guanidine groups is 1. The summed E-state index contributed by atoms with van der Waals surface area (Å²) in [6.45, 7) is 6.30. The van der Waals surface area contributed by atoms with Crippen LogP contribution in [0.3, 0.4) is 0 Å². The van der Waals surface area contributed by atoms with Crippen LogP contribution in [0, 0.1) is 5.41 Å². The maximum absolute atomic E-state index is 12.4. The molecule has 1 spiro atoms. The first-order valence-corrected chi connectivity index (χ1v) is 11.1. The second-order valence-electron chi connectivity index (χ2n) is 7.76. The lowest BCUT2D eigenvalue weighted by Crippen LogP contribution is -2.48. The van der Waals surface area contributed by atoms with E-state index < -0.39 is 14.6 Å². The van der Waals surface area contributed by atoms with Crippen LogP contribution in [0.5, 0.6) is 0 Å². The van der Waals surface area contributed by atoms with Gasteiger partial charge in [0.05, 0.1) is 11.3 Å². The number of nitrogens with one attached hydrogen (secondary N) is 1. The first kappa shape index (κ1) is 21.2. The van der Waals surface area contributed by atoms with Gasteiger partial charge in [0.25, 0.3) is 0 Å². The molecule has 3 fully saturated rings. The quantitative estimate of drug-likeness (QED) is 0.375. The molecule has 25 heavy (non-hydrogen) atoms. The molecule has 0 aromatic carbocycles. The van der Waals surface area contributed by atoms with E-state index in [0.29, 0.717) is 38.0 Å². The van der Waals surface area contributed by atoms with Crippen LogP contribution >= 0.6 is 24.0 Å². The van der Waals surface area contributed by atoms with Gasteiger partial charge >= 0.3 is 0 Å². The summed E-state index contributed by atoms with van der Waals surface area (Å²) in [6.07, 6.45) is 7.67. The monoisotopic (exact) mass is 485 g/mol. The number of halogens is 1. The molecule has 3 aliphatic rings. The Balaban J connectivity index is 0.00000225. The zero-order valence-corrected chi connectivity index (χ0v) is 18.6. The number of hydrogen-bond donors (Lipinski definition) is 1. The molecule has 3 rings (SSSR count). The van der Waals surface area contributed by atoms with Gasteiger partial charge in [0, 0.05) is 39.1 Å². The van der Waals surface area contributed by atoms with E-state index in [0.717, 1.165) is 25.6 Å². The third-order valence-corrected chi connectivity index (χ3v) is 8.31. The molecule has 2 saturated heterocycles. The van der Waals surface area contributed by atoms with E-state index in [-0.39, 0.29) is 24.0 Å².